The van der Waals surface area contributed by atoms with E-state index in [0.717, 1.165) is 31.4 Å². The van der Waals surface area contributed by atoms with E-state index in [1.54, 1.807) is 11.8 Å². The van der Waals surface area contributed by atoms with Crippen molar-refractivity contribution in [2.24, 2.45) is 0 Å². The lowest BCUT2D eigenvalue weighted by atomic mass is 10.2. The molecule has 0 heterocycles. The molecule has 0 aliphatic carbocycles. The topological polar surface area (TPSA) is 50.1 Å². The molecule has 0 N–H and O–H groups in total. The quantitative estimate of drug-likeness (QED) is 0.345. The van der Waals surface area contributed by atoms with Gasteiger partial charge in [0.15, 0.2) is 0 Å². The Morgan fingerprint density at radius 3 is 2.80 bits per heavy atom. The van der Waals surface area contributed by atoms with Crippen molar-refractivity contribution in [3.05, 3.63) is 12.7 Å². The summed E-state index contributed by atoms with van der Waals surface area (Å²) in [5, 5.41) is 8.29. The fourth-order valence-corrected chi connectivity index (χ4v) is 1.65. The van der Waals surface area contributed by atoms with E-state index in [9.17, 15) is 4.79 Å². The molecule has 0 spiro atoms. The van der Waals surface area contributed by atoms with Crippen LogP contribution in [0.4, 0.5) is 0 Å². The van der Waals surface area contributed by atoms with Crippen LogP contribution < -0.4 is 0 Å². The van der Waals surface area contributed by atoms with E-state index < -0.39 is 0 Å². The van der Waals surface area contributed by atoms with Crippen LogP contribution in [0.15, 0.2) is 12.7 Å². The van der Waals surface area contributed by atoms with Gasteiger partial charge in [-0.25, -0.2) is 4.79 Å². The molecule has 0 bridgehead atoms. The zero-order chi connectivity index (χ0) is 11.4. The molecule has 0 unspecified atom stereocenters. The minimum Gasteiger partial charge on any atom is -0.463 e. The van der Waals surface area contributed by atoms with Gasteiger partial charge in [-0.15, -0.1) is 11.8 Å². The fourth-order valence-electron chi connectivity index (χ4n) is 1.01. The van der Waals surface area contributed by atoms with Crippen molar-refractivity contribution in [1.29, 1.82) is 5.26 Å². The van der Waals surface area contributed by atoms with Crippen molar-refractivity contribution >= 4 is 17.7 Å². The molecular formula is C11H17NO2S. The van der Waals surface area contributed by atoms with Crippen LogP contribution in [0.5, 0.6) is 0 Å². The Morgan fingerprint density at radius 2 is 2.13 bits per heavy atom. The van der Waals surface area contributed by atoms with Crippen molar-refractivity contribution in [3.63, 3.8) is 0 Å². The number of nitriles is 1. The highest BCUT2D eigenvalue weighted by atomic mass is 32.2. The molecule has 4 heteroatoms. The Kier molecular flexibility index (Phi) is 10.4. The number of hydrogen-bond donors (Lipinski definition) is 0. The predicted molar refractivity (Wildman–Crippen MR) is 62.6 cm³/mol. The highest BCUT2D eigenvalue weighted by molar-refractivity contribution is 7.99. The summed E-state index contributed by atoms with van der Waals surface area (Å²) in [6.07, 6.45) is 5.41. The van der Waals surface area contributed by atoms with Crippen LogP contribution in [0.1, 0.15) is 25.7 Å². The Morgan fingerprint density at radius 1 is 1.40 bits per heavy atom. The van der Waals surface area contributed by atoms with Crippen molar-refractivity contribution in [1.82, 2.24) is 0 Å². The van der Waals surface area contributed by atoms with Gasteiger partial charge in [-0.2, -0.15) is 5.26 Å². The molecule has 0 rings (SSSR count). The number of carbonyl (C=O) groups excluding carboxylic acids is 1. The van der Waals surface area contributed by atoms with E-state index in [0.29, 0.717) is 12.4 Å². The second-order valence-electron chi connectivity index (χ2n) is 3.00. The molecule has 3 nitrogen and oxygen atoms in total. The molecule has 0 saturated heterocycles. The van der Waals surface area contributed by atoms with Gasteiger partial charge in [-0.05, 0) is 18.6 Å². The lowest BCUT2D eigenvalue weighted by molar-refractivity contribution is -0.137. The van der Waals surface area contributed by atoms with Gasteiger partial charge in [0.2, 0.25) is 0 Å². The van der Waals surface area contributed by atoms with Gasteiger partial charge in [-0.3, -0.25) is 0 Å². The summed E-state index contributed by atoms with van der Waals surface area (Å²) >= 11 is 1.67. The lowest BCUT2D eigenvalue weighted by Crippen LogP contribution is -2.01. The Labute approximate surface area is 95.5 Å². The lowest BCUT2D eigenvalue weighted by Gasteiger charge is -2.01. The monoisotopic (exact) mass is 227 g/mol. The Balaban J connectivity index is 3.02. The molecule has 84 valence electrons. The molecule has 0 aliphatic rings. The first-order chi connectivity index (χ1) is 7.31. The summed E-state index contributed by atoms with van der Waals surface area (Å²) in [6.45, 7) is 3.80. The highest BCUT2D eigenvalue weighted by Crippen LogP contribution is 2.06. The van der Waals surface area contributed by atoms with Crippen molar-refractivity contribution < 1.29 is 9.53 Å². The molecule has 0 aromatic carbocycles. The summed E-state index contributed by atoms with van der Waals surface area (Å²) in [6, 6.07) is 2.09. The van der Waals surface area contributed by atoms with Crippen LogP contribution in [0.2, 0.25) is 0 Å². The number of ether oxygens (including phenoxy) is 1. The number of unbranched alkanes of at least 4 members (excludes halogenated alkanes) is 3. The molecule has 0 aromatic rings. The van der Waals surface area contributed by atoms with Crippen LogP contribution in [-0.4, -0.2) is 24.1 Å². The van der Waals surface area contributed by atoms with E-state index in [-0.39, 0.29) is 5.97 Å². The first kappa shape index (κ1) is 14.1. The van der Waals surface area contributed by atoms with Gasteiger partial charge in [0.1, 0.15) is 0 Å². The van der Waals surface area contributed by atoms with Crippen LogP contribution >= 0.6 is 11.8 Å². The average Bonchev–Trinajstić information content (AvgIpc) is 2.26. The third kappa shape index (κ3) is 11.0. The van der Waals surface area contributed by atoms with Gasteiger partial charge in [0, 0.05) is 6.08 Å². The van der Waals surface area contributed by atoms with E-state index in [1.807, 2.05) is 0 Å². The maximum atomic E-state index is 10.6. The van der Waals surface area contributed by atoms with Gasteiger partial charge in [0.05, 0.1) is 18.4 Å². The average molecular weight is 227 g/mol. The van der Waals surface area contributed by atoms with Crippen LogP contribution in [-0.2, 0) is 9.53 Å². The number of esters is 1. The molecule has 0 radical (unpaired) electrons. The molecule has 0 aromatic heterocycles. The third-order valence-corrected chi connectivity index (χ3v) is 2.67. The van der Waals surface area contributed by atoms with Crippen LogP contribution in [0.3, 0.4) is 0 Å². The molecule has 0 saturated carbocycles. The zero-order valence-electron chi connectivity index (χ0n) is 8.91. The van der Waals surface area contributed by atoms with Gasteiger partial charge < -0.3 is 4.74 Å². The van der Waals surface area contributed by atoms with Crippen LogP contribution in [0.25, 0.3) is 0 Å². The maximum absolute atomic E-state index is 10.6. The second-order valence-corrected chi connectivity index (χ2v) is 4.10. The maximum Gasteiger partial charge on any atom is 0.330 e. The second kappa shape index (κ2) is 11.1. The SMILES string of the molecule is C=CC(=O)OCCCCCCSCC#N. The highest BCUT2D eigenvalue weighted by Gasteiger charge is 1.95. The molecule has 15 heavy (non-hydrogen) atoms. The van der Waals surface area contributed by atoms with Gasteiger partial charge >= 0.3 is 5.97 Å². The van der Waals surface area contributed by atoms with E-state index in [1.165, 1.54) is 6.08 Å². The predicted octanol–water partition coefficient (Wildman–Crippen LogP) is 2.53. The molecule has 0 fully saturated rings. The summed E-state index contributed by atoms with van der Waals surface area (Å²) < 4.78 is 4.83. The van der Waals surface area contributed by atoms with Gasteiger partial charge in [0.25, 0.3) is 0 Å². The van der Waals surface area contributed by atoms with Gasteiger partial charge in [-0.1, -0.05) is 19.4 Å². The smallest absolute Gasteiger partial charge is 0.330 e. The number of hydrogen-bond acceptors (Lipinski definition) is 4. The number of rotatable bonds is 9. The van der Waals surface area contributed by atoms with Crippen molar-refractivity contribution in [2.75, 3.05) is 18.1 Å². The number of nitrogens with zero attached hydrogens (tertiary/aromatic N) is 1. The number of thioether (sulfide) groups is 1. The standard InChI is InChI=1S/C11H17NO2S/c1-2-11(13)14-8-5-3-4-6-9-15-10-7-12/h2H,1,3-6,8-10H2. The molecule has 0 amide bonds. The Bertz CT molecular complexity index is 223. The Hall–Kier alpha value is -0.950. The number of carbonyl (C=O) groups is 1. The fraction of sp³-hybridized carbons (Fsp3) is 0.636. The zero-order valence-corrected chi connectivity index (χ0v) is 9.72. The summed E-state index contributed by atoms with van der Waals surface area (Å²) in [4.78, 5) is 10.6. The van der Waals surface area contributed by atoms with Crippen molar-refractivity contribution in [3.8, 4) is 6.07 Å². The summed E-state index contributed by atoms with van der Waals surface area (Å²) in [7, 11) is 0. The first-order valence-electron chi connectivity index (χ1n) is 5.05. The van der Waals surface area contributed by atoms with Crippen LogP contribution in [0, 0.1) is 11.3 Å². The molecule has 0 aliphatic heterocycles. The normalized spacial score (nSPS) is 9.27. The van der Waals surface area contributed by atoms with Crippen molar-refractivity contribution in [2.45, 2.75) is 25.7 Å². The molecular weight excluding hydrogens is 210 g/mol. The first-order valence-corrected chi connectivity index (χ1v) is 6.20. The largest absolute Gasteiger partial charge is 0.463 e. The summed E-state index contributed by atoms with van der Waals surface area (Å²) in [5.41, 5.74) is 0. The molecule has 0 atom stereocenters. The summed E-state index contributed by atoms with van der Waals surface area (Å²) in [5.74, 6) is 1.27. The van der Waals surface area contributed by atoms with E-state index in [4.69, 9.17) is 10.00 Å². The van der Waals surface area contributed by atoms with E-state index >= 15 is 0 Å². The third-order valence-electron chi connectivity index (χ3n) is 1.76. The minimum atomic E-state index is -0.348. The minimum absolute atomic E-state index is 0.348. The van der Waals surface area contributed by atoms with E-state index in [2.05, 4.69) is 12.6 Å².